The minimum absolute atomic E-state index is 0.637. The predicted molar refractivity (Wildman–Crippen MR) is 47.5 cm³/mol. The number of aromatic nitrogens is 1. The zero-order valence-electron chi connectivity index (χ0n) is 7.41. The molecule has 1 aromatic rings. The number of hydrogen-bond acceptors (Lipinski definition) is 1. The molecule has 0 radical (unpaired) electrons. The smallest absolute Gasteiger partial charge is 0.0270 e. The van der Waals surface area contributed by atoms with Gasteiger partial charge in [-0.15, -0.1) is 0 Å². The molecule has 0 aliphatic rings. The molecule has 0 bridgehead atoms. The molecule has 0 aliphatic carbocycles. The van der Waals surface area contributed by atoms with E-state index >= 15 is 0 Å². The summed E-state index contributed by atoms with van der Waals surface area (Å²) in [4.78, 5) is 3.99. The van der Waals surface area contributed by atoms with E-state index in [-0.39, 0.29) is 0 Å². The van der Waals surface area contributed by atoms with Crippen LogP contribution in [0.25, 0.3) is 0 Å². The first-order chi connectivity index (χ1) is 5.22. The lowest BCUT2D eigenvalue weighted by molar-refractivity contribution is 0.534. The summed E-state index contributed by atoms with van der Waals surface area (Å²) >= 11 is 0. The van der Waals surface area contributed by atoms with Gasteiger partial charge in [-0.05, 0) is 29.5 Å². The van der Waals surface area contributed by atoms with E-state index in [2.05, 4.69) is 37.9 Å². The Labute approximate surface area is 68.5 Å². The lowest BCUT2D eigenvalue weighted by Gasteiger charge is -2.14. The molecule has 0 saturated heterocycles. The SMILES string of the molecule is CC(C)C(C)c1ccncc1. The van der Waals surface area contributed by atoms with Crippen molar-refractivity contribution >= 4 is 0 Å². The Bertz CT molecular complexity index is 203. The molecular weight excluding hydrogens is 134 g/mol. The first-order valence-electron chi connectivity index (χ1n) is 4.11. The molecule has 0 N–H and O–H groups in total. The molecular formula is C10H15N. The van der Waals surface area contributed by atoms with Crippen LogP contribution >= 0.6 is 0 Å². The summed E-state index contributed by atoms with van der Waals surface area (Å²) in [6.45, 7) is 6.73. The summed E-state index contributed by atoms with van der Waals surface area (Å²) in [5.74, 6) is 1.34. The minimum Gasteiger partial charge on any atom is -0.265 e. The van der Waals surface area contributed by atoms with Crippen molar-refractivity contribution in [1.29, 1.82) is 0 Å². The number of rotatable bonds is 2. The second-order valence-electron chi connectivity index (χ2n) is 3.31. The Morgan fingerprint density at radius 1 is 1.09 bits per heavy atom. The third kappa shape index (κ3) is 2.04. The van der Waals surface area contributed by atoms with Gasteiger partial charge in [-0.25, -0.2) is 0 Å². The molecule has 1 rings (SSSR count). The molecule has 1 heteroatoms. The molecule has 1 nitrogen and oxygen atoms in total. The second-order valence-corrected chi connectivity index (χ2v) is 3.31. The van der Waals surface area contributed by atoms with E-state index in [1.165, 1.54) is 5.56 Å². The van der Waals surface area contributed by atoms with Crippen LogP contribution in [0.5, 0.6) is 0 Å². The third-order valence-electron chi connectivity index (χ3n) is 2.23. The van der Waals surface area contributed by atoms with Crippen molar-refractivity contribution in [3.63, 3.8) is 0 Å². The Morgan fingerprint density at radius 2 is 1.64 bits per heavy atom. The maximum atomic E-state index is 3.99. The number of hydrogen-bond donors (Lipinski definition) is 0. The van der Waals surface area contributed by atoms with Crippen LogP contribution in [0.15, 0.2) is 24.5 Å². The van der Waals surface area contributed by atoms with Crippen LogP contribution in [-0.2, 0) is 0 Å². The molecule has 0 fully saturated rings. The maximum Gasteiger partial charge on any atom is 0.0270 e. The second kappa shape index (κ2) is 3.51. The van der Waals surface area contributed by atoms with E-state index in [0.29, 0.717) is 11.8 Å². The van der Waals surface area contributed by atoms with Crippen molar-refractivity contribution in [3.05, 3.63) is 30.1 Å². The van der Waals surface area contributed by atoms with Gasteiger partial charge >= 0.3 is 0 Å². The first kappa shape index (κ1) is 8.25. The molecule has 0 saturated carbocycles. The maximum absolute atomic E-state index is 3.99. The fourth-order valence-corrected chi connectivity index (χ4v) is 1.05. The standard InChI is InChI=1S/C10H15N/c1-8(2)9(3)10-4-6-11-7-5-10/h4-9H,1-3H3. The van der Waals surface area contributed by atoms with Crippen molar-refractivity contribution in [2.75, 3.05) is 0 Å². The van der Waals surface area contributed by atoms with Gasteiger partial charge in [-0.1, -0.05) is 20.8 Å². The van der Waals surface area contributed by atoms with Gasteiger partial charge in [-0.2, -0.15) is 0 Å². The van der Waals surface area contributed by atoms with E-state index in [1.54, 1.807) is 0 Å². The van der Waals surface area contributed by atoms with Gasteiger partial charge in [0, 0.05) is 12.4 Å². The summed E-state index contributed by atoms with van der Waals surface area (Å²) in [7, 11) is 0. The molecule has 0 spiro atoms. The normalized spacial score (nSPS) is 13.5. The zero-order chi connectivity index (χ0) is 8.27. The van der Waals surface area contributed by atoms with Gasteiger partial charge in [0.1, 0.15) is 0 Å². The Kier molecular flexibility index (Phi) is 2.64. The Hall–Kier alpha value is -0.850. The minimum atomic E-state index is 0.637. The van der Waals surface area contributed by atoms with Crippen molar-refractivity contribution in [2.24, 2.45) is 5.92 Å². The molecule has 0 aliphatic heterocycles. The lowest BCUT2D eigenvalue weighted by atomic mass is 9.91. The molecule has 1 aromatic heterocycles. The zero-order valence-corrected chi connectivity index (χ0v) is 7.41. The topological polar surface area (TPSA) is 12.9 Å². The van der Waals surface area contributed by atoms with Crippen LogP contribution in [0.3, 0.4) is 0 Å². The number of nitrogens with zero attached hydrogens (tertiary/aromatic N) is 1. The molecule has 0 amide bonds. The summed E-state index contributed by atoms with van der Waals surface area (Å²) in [5.41, 5.74) is 1.38. The fourth-order valence-electron chi connectivity index (χ4n) is 1.05. The summed E-state index contributed by atoms with van der Waals surface area (Å²) in [6.07, 6.45) is 3.71. The van der Waals surface area contributed by atoms with Gasteiger partial charge < -0.3 is 0 Å². The molecule has 1 unspecified atom stereocenters. The summed E-state index contributed by atoms with van der Waals surface area (Å²) < 4.78 is 0. The van der Waals surface area contributed by atoms with Gasteiger partial charge in [-0.3, -0.25) is 4.98 Å². The van der Waals surface area contributed by atoms with Gasteiger partial charge in [0.15, 0.2) is 0 Å². The highest BCUT2D eigenvalue weighted by Crippen LogP contribution is 2.22. The van der Waals surface area contributed by atoms with Gasteiger partial charge in [0.2, 0.25) is 0 Å². The average Bonchev–Trinajstić information content (AvgIpc) is 2.05. The largest absolute Gasteiger partial charge is 0.265 e. The van der Waals surface area contributed by atoms with Gasteiger partial charge in [0.25, 0.3) is 0 Å². The molecule has 1 heterocycles. The Balaban J connectivity index is 2.77. The van der Waals surface area contributed by atoms with Crippen molar-refractivity contribution in [2.45, 2.75) is 26.7 Å². The fraction of sp³-hybridized carbons (Fsp3) is 0.500. The van der Waals surface area contributed by atoms with Crippen LogP contribution in [0.1, 0.15) is 32.3 Å². The van der Waals surface area contributed by atoms with E-state index in [9.17, 15) is 0 Å². The van der Waals surface area contributed by atoms with Crippen LogP contribution in [0.4, 0.5) is 0 Å². The van der Waals surface area contributed by atoms with E-state index in [0.717, 1.165) is 0 Å². The van der Waals surface area contributed by atoms with Crippen LogP contribution in [-0.4, -0.2) is 4.98 Å². The van der Waals surface area contributed by atoms with E-state index in [4.69, 9.17) is 0 Å². The van der Waals surface area contributed by atoms with Crippen molar-refractivity contribution in [1.82, 2.24) is 4.98 Å². The predicted octanol–water partition coefficient (Wildman–Crippen LogP) is 2.84. The highest BCUT2D eigenvalue weighted by Gasteiger charge is 2.08. The van der Waals surface area contributed by atoms with Crippen molar-refractivity contribution in [3.8, 4) is 0 Å². The first-order valence-corrected chi connectivity index (χ1v) is 4.11. The average molecular weight is 149 g/mol. The molecule has 1 atom stereocenters. The van der Waals surface area contributed by atoms with Gasteiger partial charge in [0.05, 0.1) is 0 Å². The quantitative estimate of drug-likeness (QED) is 0.630. The third-order valence-corrected chi connectivity index (χ3v) is 2.23. The summed E-state index contributed by atoms with van der Waals surface area (Å²) in [6, 6.07) is 4.18. The molecule has 11 heavy (non-hydrogen) atoms. The van der Waals surface area contributed by atoms with Crippen LogP contribution in [0.2, 0.25) is 0 Å². The monoisotopic (exact) mass is 149 g/mol. The highest BCUT2D eigenvalue weighted by molar-refractivity contribution is 5.15. The molecule has 0 aromatic carbocycles. The van der Waals surface area contributed by atoms with E-state index < -0.39 is 0 Å². The van der Waals surface area contributed by atoms with Crippen molar-refractivity contribution < 1.29 is 0 Å². The van der Waals surface area contributed by atoms with Crippen LogP contribution in [0, 0.1) is 5.92 Å². The van der Waals surface area contributed by atoms with Crippen LogP contribution < -0.4 is 0 Å². The summed E-state index contributed by atoms with van der Waals surface area (Å²) in [5, 5.41) is 0. The lowest BCUT2D eigenvalue weighted by Crippen LogP contribution is -2.01. The highest BCUT2D eigenvalue weighted by atomic mass is 14.6. The van der Waals surface area contributed by atoms with E-state index in [1.807, 2.05) is 12.4 Å². The number of pyridine rings is 1. The molecule has 60 valence electrons. The Morgan fingerprint density at radius 3 is 2.09 bits per heavy atom.